The van der Waals surface area contributed by atoms with Crippen LogP contribution in [0.25, 0.3) is 0 Å². The summed E-state index contributed by atoms with van der Waals surface area (Å²) in [6.45, 7) is 1.78. The topological polar surface area (TPSA) is 66.5 Å². The highest BCUT2D eigenvalue weighted by Gasteiger charge is 2.35. The van der Waals surface area contributed by atoms with E-state index in [1.807, 2.05) is 0 Å². The number of rotatable bonds is 6. The molecule has 5 nitrogen and oxygen atoms in total. The molecular formula is C20H17BrF2N2O3. The van der Waals surface area contributed by atoms with Gasteiger partial charge in [0.1, 0.15) is 0 Å². The molecule has 0 saturated heterocycles. The molecule has 1 N–H and O–H groups in total. The van der Waals surface area contributed by atoms with Crippen LogP contribution < -0.4 is 5.32 Å². The molecule has 0 bridgehead atoms. The Balaban J connectivity index is 1.52. The first-order valence-corrected chi connectivity index (χ1v) is 9.47. The standard InChI is InChI=1S/C20H17BrF2N2O3/c1-11(12-4-7-16(22)17(23)9-12)24-18(26)3-2-8-25-19(27)14-6-5-13(21)10-15(14)20(25)28/h4-7,9-11H,2-3,8H2,1H3,(H,24,26). The summed E-state index contributed by atoms with van der Waals surface area (Å²) in [6, 6.07) is 7.84. The molecule has 146 valence electrons. The van der Waals surface area contributed by atoms with E-state index >= 15 is 0 Å². The van der Waals surface area contributed by atoms with Gasteiger partial charge in [0.25, 0.3) is 11.8 Å². The predicted molar refractivity (Wildman–Crippen MR) is 102 cm³/mol. The van der Waals surface area contributed by atoms with Gasteiger partial charge >= 0.3 is 0 Å². The summed E-state index contributed by atoms with van der Waals surface area (Å²) >= 11 is 3.28. The Morgan fingerprint density at radius 2 is 1.79 bits per heavy atom. The molecule has 28 heavy (non-hydrogen) atoms. The van der Waals surface area contributed by atoms with Crippen molar-refractivity contribution >= 4 is 33.7 Å². The number of hydrogen-bond donors (Lipinski definition) is 1. The van der Waals surface area contributed by atoms with Crippen molar-refractivity contribution in [3.63, 3.8) is 0 Å². The van der Waals surface area contributed by atoms with Crippen LogP contribution in [0, 0.1) is 11.6 Å². The van der Waals surface area contributed by atoms with E-state index in [1.165, 1.54) is 6.07 Å². The monoisotopic (exact) mass is 450 g/mol. The maximum atomic E-state index is 13.3. The van der Waals surface area contributed by atoms with Gasteiger partial charge in [0.2, 0.25) is 5.91 Å². The van der Waals surface area contributed by atoms with Gasteiger partial charge in [0.05, 0.1) is 17.2 Å². The van der Waals surface area contributed by atoms with Crippen molar-refractivity contribution in [3.05, 3.63) is 69.2 Å². The molecule has 2 aromatic carbocycles. The Bertz CT molecular complexity index is 964. The molecule has 1 heterocycles. The molecule has 1 unspecified atom stereocenters. The van der Waals surface area contributed by atoms with Crippen molar-refractivity contribution in [1.29, 1.82) is 0 Å². The second-order valence-corrected chi connectivity index (χ2v) is 7.43. The van der Waals surface area contributed by atoms with Crippen LogP contribution in [0.3, 0.4) is 0 Å². The van der Waals surface area contributed by atoms with Crippen molar-refractivity contribution in [2.24, 2.45) is 0 Å². The van der Waals surface area contributed by atoms with Gasteiger partial charge in [-0.05, 0) is 49.2 Å². The predicted octanol–water partition coefficient (Wildman–Crippen LogP) is 3.98. The average molecular weight is 451 g/mol. The number of nitrogens with zero attached hydrogens (tertiary/aromatic N) is 1. The number of fused-ring (bicyclic) bond motifs is 1. The molecule has 0 aromatic heterocycles. The zero-order valence-corrected chi connectivity index (χ0v) is 16.6. The fourth-order valence-electron chi connectivity index (χ4n) is 3.04. The van der Waals surface area contributed by atoms with Crippen LogP contribution in [-0.4, -0.2) is 29.2 Å². The maximum Gasteiger partial charge on any atom is 0.261 e. The van der Waals surface area contributed by atoms with Crippen molar-refractivity contribution in [1.82, 2.24) is 10.2 Å². The summed E-state index contributed by atoms with van der Waals surface area (Å²) < 4.78 is 27.0. The molecular weight excluding hydrogens is 434 g/mol. The summed E-state index contributed by atoms with van der Waals surface area (Å²) in [6.07, 6.45) is 0.383. The second-order valence-electron chi connectivity index (χ2n) is 6.52. The highest BCUT2D eigenvalue weighted by Crippen LogP contribution is 2.26. The minimum absolute atomic E-state index is 0.0884. The van der Waals surface area contributed by atoms with E-state index < -0.39 is 17.7 Å². The molecule has 1 atom stereocenters. The van der Waals surface area contributed by atoms with Gasteiger partial charge in [-0.2, -0.15) is 0 Å². The van der Waals surface area contributed by atoms with E-state index in [-0.39, 0.29) is 30.7 Å². The van der Waals surface area contributed by atoms with E-state index in [2.05, 4.69) is 21.2 Å². The Kier molecular flexibility index (Phi) is 5.88. The van der Waals surface area contributed by atoms with Crippen LogP contribution in [0.1, 0.15) is 52.1 Å². The number of carbonyl (C=O) groups excluding carboxylic acids is 3. The molecule has 3 rings (SSSR count). The molecule has 8 heteroatoms. The van der Waals surface area contributed by atoms with E-state index in [1.54, 1.807) is 25.1 Å². The third kappa shape index (κ3) is 4.11. The fourth-order valence-corrected chi connectivity index (χ4v) is 3.40. The third-order valence-electron chi connectivity index (χ3n) is 4.54. The minimum Gasteiger partial charge on any atom is -0.350 e. The Morgan fingerprint density at radius 3 is 2.50 bits per heavy atom. The lowest BCUT2D eigenvalue weighted by atomic mass is 10.1. The number of carbonyl (C=O) groups is 3. The number of hydrogen-bond acceptors (Lipinski definition) is 3. The molecule has 0 fully saturated rings. The van der Waals surface area contributed by atoms with Crippen LogP contribution in [0.2, 0.25) is 0 Å². The second kappa shape index (κ2) is 8.18. The highest BCUT2D eigenvalue weighted by atomic mass is 79.9. The summed E-state index contributed by atoms with van der Waals surface area (Å²) in [5.74, 6) is -2.98. The van der Waals surface area contributed by atoms with Gasteiger partial charge in [-0.1, -0.05) is 22.0 Å². The van der Waals surface area contributed by atoms with E-state index in [4.69, 9.17) is 0 Å². The molecule has 1 aliphatic rings. The number of halogens is 3. The molecule has 3 amide bonds. The Labute approximate surface area is 168 Å². The van der Waals surface area contributed by atoms with Gasteiger partial charge < -0.3 is 5.32 Å². The summed E-state index contributed by atoms with van der Waals surface area (Å²) in [5.41, 5.74) is 1.14. The number of benzene rings is 2. The van der Waals surface area contributed by atoms with Gasteiger partial charge in [-0.15, -0.1) is 0 Å². The number of amides is 3. The third-order valence-corrected chi connectivity index (χ3v) is 5.03. The fraction of sp³-hybridized carbons (Fsp3) is 0.250. The van der Waals surface area contributed by atoms with Crippen LogP contribution in [0.4, 0.5) is 8.78 Å². The SMILES string of the molecule is CC(NC(=O)CCCN1C(=O)c2ccc(Br)cc2C1=O)c1ccc(F)c(F)c1. The van der Waals surface area contributed by atoms with Gasteiger partial charge in [0, 0.05) is 17.4 Å². The summed E-state index contributed by atoms with van der Waals surface area (Å²) in [7, 11) is 0. The first kappa shape index (κ1) is 20.1. The first-order valence-electron chi connectivity index (χ1n) is 8.68. The summed E-state index contributed by atoms with van der Waals surface area (Å²) in [5, 5.41) is 2.69. The zero-order valence-electron chi connectivity index (χ0n) is 15.0. The lowest BCUT2D eigenvalue weighted by Crippen LogP contribution is -2.32. The normalized spacial score (nSPS) is 14.2. The average Bonchev–Trinajstić information content (AvgIpc) is 2.88. The minimum atomic E-state index is -0.976. The summed E-state index contributed by atoms with van der Waals surface area (Å²) in [4.78, 5) is 37.9. The van der Waals surface area contributed by atoms with E-state index in [0.717, 1.165) is 17.0 Å². The molecule has 0 spiro atoms. The lowest BCUT2D eigenvalue weighted by molar-refractivity contribution is -0.121. The smallest absolute Gasteiger partial charge is 0.261 e. The zero-order chi connectivity index (χ0) is 20.4. The highest BCUT2D eigenvalue weighted by molar-refractivity contribution is 9.10. The molecule has 0 aliphatic carbocycles. The molecule has 1 aliphatic heterocycles. The largest absolute Gasteiger partial charge is 0.350 e. The Morgan fingerprint density at radius 1 is 1.07 bits per heavy atom. The lowest BCUT2D eigenvalue weighted by Gasteiger charge is -2.16. The maximum absolute atomic E-state index is 13.3. The number of nitrogens with one attached hydrogen (secondary N) is 1. The van der Waals surface area contributed by atoms with Crippen LogP contribution in [0.15, 0.2) is 40.9 Å². The molecule has 0 radical (unpaired) electrons. The van der Waals surface area contributed by atoms with E-state index in [0.29, 0.717) is 27.6 Å². The quantitative estimate of drug-likeness (QED) is 0.676. The molecule has 2 aromatic rings. The first-order chi connectivity index (χ1) is 13.3. The molecule has 0 saturated carbocycles. The van der Waals surface area contributed by atoms with E-state index in [9.17, 15) is 23.2 Å². The van der Waals surface area contributed by atoms with Crippen LogP contribution >= 0.6 is 15.9 Å². The van der Waals surface area contributed by atoms with Crippen LogP contribution in [0.5, 0.6) is 0 Å². The van der Waals surface area contributed by atoms with Crippen molar-refractivity contribution in [3.8, 4) is 0 Å². The van der Waals surface area contributed by atoms with Gasteiger partial charge in [-0.25, -0.2) is 8.78 Å². The Hall–Kier alpha value is -2.61. The van der Waals surface area contributed by atoms with Crippen LogP contribution in [-0.2, 0) is 4.79 Å². The van der Waals surface area contributed by atoms with Crippen molar-refractivity contribution < 1.29 is 23.2 Å². The number of imide groups is 1. The van der Waals surface area contributed by atoms with Crippen molar-refractivity contribution in [2.45, 2.75) is 25.8 Å². The van der Waals surface area contributed by atoms with Crippen molar-refractivity contribution in [2.75, 3.05) is 6.54 Å². The van der Waals surface area contributed by atoms with Gasteiger partial charge in [-0.3, -0.25) is 19.3 Å². The van der Waals surface area contributed by atoms with Gasteiger partial charge in [0.15, 0.2) is 11.6 Å².